The molecular weight excluding hydrogens is 204 g/mol. The normalized spacial score (nSPS) is 10.9. The van der Waals surface area contributed by atoms with Gasteiger partial charge >= 0.3 is 5.97 Å². The SMILES string of the molecule is CC(C)(C)OC(=O)CCNc1ccncc1. The van der Waals surface area contributed by atoms with E-state index >= 15 is 0 Å². The van der Waals surface area contributed by atoms with Gasteiger partial charge in [0, 0.05) is 24.6 Å². The highest BCUT2D eigenvalue weighted by Gasteiger charge is 2.15. The molecule has 0 unspecified atom stereocenters. The molecule has 88 valence electrons. The Balaban J connectivity index is 2.24. The van der Waals surface area contributed by atoms with Crippen molar-refractivity contribution in [3.05, 3.63) is 24.5 Å². The highest BCUT2D eigenvalue weighted by Crippen LogP contribution is 2.08. The number of carbonyl (C=O) groups is 1. The molecule has 0 fully saturated rings. The number of aromatic nitrogens is 1. The van der Waals surface area contributed by atoms with E-state index in [1.807, 2.05) is 32.9 Å². The third-order valence-electron chi connectivity index (χ3n) is 1.76. The van der Waals surface area contributed by atoms with Gasteiger partial charge in [-0.25, -0.2) is 0 Å². The molecule has 0 spiro atoms. The van der Waals surface area contributed by atoms with Crippen LogP contribution in [0.1, 0.15) is 27.2 Å². The predicted molar refractivity (Wildman–Crippen MR) is 63.2 cm³/mol. The second-order valence-electron chi connectivity index (χ2n) is 4.50. The van der Waals surface area contributed by atoms with Crippen LogP contribution in [0.25, 0.3) is 0 Å². The number of nitrogens with zero attached hydrogens (tertiary/aromatic N) is 1. The monoisotopic (exact) mass is 222 g/mol. The number of anilines is 1. The zero-order valence-corrected chi connectivity index (χ0v) is 9.99. The Morgan fingerprint density at radius 1 is 1.38 bits per heavy atom. The summed E-state index contributed by atoms with van der Waals surface area (Å²) in [6.07, 6.45) is 3.77. The summed E-state index contributed by atoms with van der Waals surface area (Å²) in [4.78, 5) is 15.3. The molecule has 0 aliphatic carbocycles. The molecule has 0 bridgehead atoms. The first-order chi connectivity index (χ1) is 7.47. The lowest BCUT2D eigenvalue weighted by atomic mass is 10.2. The van der Waals surface area contributed by atoms with Crippen LogP contribution >= 0.6 is 0 Å². The zero-order valence-electron chi connectivity index (χ0n) is 9.99. The van der Waals surface area contributed by atoms with Crippen molar-refractivity contribution in [1.82, 2.24) is 4.98 Å². The summed E-state index contributed by atoms with van der Waals surface area (Å²) in [5, 5.41) is 3.12. The fourth-order valence-corrected chi connectivity index (χ4v) is 1.17. The maximum atomic E-state index is 11.4. The Kier molecular flexibility index (Phi) is 4.28. The van der Waals surface area contributed by atoms with E-state index in [0.29, 0.717) is 13.0 Å². The number of hydrogen-bond donors (Lipinski definition) is 1. The molecule has 0 amide bonds. The van der Waals surface area contributed by atoms with Crippen LogP contribution in [-0.4, -0.2) is 23.1 Å². The van der Waals surface area contributed by atoms with Gasteiger partial charge in [-0.3, -0.25) is 9.78 Å². The molecule has 0 saturated carbocycles. The molecule has 0 aliphatic heterocycles. The first-order valence-electron chi connectivity index (χ1n) is 5.33. The quantitative estimate of drug-likeness (QED) is 0.794. The summed E-state index contributed by atoms with van der Waals surface area (Å²) < 4.78 is 5.18. The van der Waals surface area contributed by atoms with Gasteiger partial charge in [-0.2, -0.15) is 0 Å². The summed E-state index contributed by atoms with van der Waals surface area (Å²) >= 11 is 0. The molecule has 1 N–H and O–H groups in total. The van der Waals surface area contributed by atoms with Crippen molar-refractivity contribution in [3.8, 4) is 0 Å². The van der Waals surface area contributed by atoms with E-state index < -0.39 is 5.60 Å². The lowest BCUT2D eigenvalue weighted by molar-refractivity contribution is -0.154. The Hall–Kier alpha value is -1.58. The number of nitrogens with one attached hydrogen (secondary N) is 1. The average molecular weight is 222 g/mol. The second-order valence-corrected chi connectivity index (χ2v) is 4.50. The van der Waals surface area contributed by atoms with Gasteiger partial charge in [-0.05, 0) is 32.9 Å². The Labute approximate surface area is 96.0 Å². The van der Waals surface area contributed by atoms with Gasteiger partial charge in [0.2, 0.25) is 0 Å². The van der Waals surface area contributed by atoms with Crippen LogP contribution in [-0.2, 0) is 9.53 Å². The Bertz CT molecular complexity index is 331. The highest BCUT2D eigenvalue weighted by atomic mass is 16.6. The molecule has 1 rings (SSSR count). The molecule has 0 atom stereocenters. The average Bonchev–Trinajstić information content (AvgIpc) is 2.16. The number of hydrogen-bond acceptors (Lipinski definition) is 4. The highest BCUT2D eigenvalue weighted by molar-refractivity contribution is 5.70. The summed E-state index contributed by atoms with van der Waals surface area (Å²) in [5.74, 6) is -0.186. The van der Waals surface area contributed by atoms with E-state index in [1.165, 1.54) is 0 Å². The third-order valence-corrected chi connectivity index (χ3v) is 1.76. The fourth-order valence-electron chi connectivity index (χ4n) is 1.17. The van der Waals surface area contributed by atoms with Crippen LogP contribution < -0.4 is 5.32 Å². The summed E-state index contributed by atoms with van der Waals surface area (Å²) in [6.45, 7) is 6.16. The Morgan fingerprint density at radius 2 is 2.00 bits per heavy atom. The van der Waals surface area contributed by atoms with Gasteiger partial charge in [0.15, 0.2) is 0 Å². The van der Waals surface area contributed by atoms with Crippen LogP contribution in [0.2, 0.25) is 0 Å². The van der Waals surface area contributed by atoms with Crippen molar-refractivity contribution in [3.63, 3.8) is 0 Å². The third kappa shape index (κ3) is 5.34. The minimum Gasteiger partial charge on any atom is -0.460 e. The predicted octanol–water partition coefficient (Wildman–Crippen LogP) is 2.23. The zero-order chi connectivity index (χ0) is 12.0. The molecule has 1 aromatic heterocycles. The molecule has 4 nitrogen and oxygen atoms in total. The van der Waals surface area contributed by atoms with E-state index in [9.17, 15) is 4.79 Å². The molecule has 1 aromatic rings. The molecular formula is C12H18N2O2. The van der Waals surface area contributed by atoms with Gasteiger partial charge in [-0.1, -0.05) is 0 Å². The Morgan fingerprint density at radius 3 is 2.56 bits per heavy atom. The van der Waals surface area contributed by atoms with Crippen molar-refractivity contribution < 1.29 is 9.53 Å². The van der Waals surface area contributed by atoms with E-state index in [0.717, 1.165) is 5.69 Å². The number of esters is 1. The van der Waals surface area contributed by atoms with Crippen molar-refractivity contribution in [2.45, 2.75) is 32.8 Å². The van der Waals surface area contributed by atoms with Crippen molar-refractivity contribution in [2.75, 3.05) is 11.9 Å². The second kappa shape index (κ2) is 5.49. The molecule has 0 aromatic carbocycles. The number of pyridine rings is 1. The van der Waals surface area contributed by atoms with E-state index in [-0.39, 0.29) is 5.97 Å². The first-order valence-corrected chi connectivity index (χ1v) is 5.33. The van der Waals surface area contributed by atoms with Crippen LogP contribution in [0.4, 0.5) is 5.69 Å². The number of rotatable bonds is 4. The van der Waals surface area contributed by atoms with E-state index in [1.54, 1.807) is 12.4 Å². The van der Waals surface area contributed by atoms with Gasteiger partial charge in [0.1, 0.15) is 5.60 Å². The maximum absolute atomic E-state index is 11.4. The molecule has 0 aliphatic rings. The van der Waals surface area contributed by atoms with Crippen molar-refractivity contribution in [2.24, 2.45) is 0 Å². The summed E-state index contributed by atoms with van der Waals surface area (Å²) in [7, 11) is 0. The topological polar surface area (TPSA) is 51.2 Å². The van der Waals surface area contributed by atoms with Crippen LogP contribution in [0.3, 0.4) is 0 Å². The smallest absolute Gasteiger partial charge is 0.308 e. The van der Waals surface area contributed by atoms with E-state index in [4.69, 9.17) is 4.74 Å². The van der Waals surface area contributed by atoms with Crippen LogP contribution in [0.5, 0.6) is 0 Å². The van der Waals surface area contributed by atoms with Gasteiger partial charge in [0.05, 0.1) is 6.42 Å². The molecule has 16 heavy (non-hydrogen) atoms. The van der Waals surface area contributed by atoms with Crippen molar-refractivity contribution in [1.29, 1.82) is 0 Å². The largest absolute Gasteiger partial charge is 0.460 e. The van der Waals surface area contributed by atoms with Crippen LogP contribution in [0.15, 0.2) is 24.5 Å². The minimum absolute atomic E-state index is 0.186. The minimum atomic E-state index is -0.409. The number of carbonyl (C=O) groups excluding carboxylic acids is 1. The lowest BCUT2D eigenvalue weighted by Gasteiger charge is -2.19. The first kappa shape index (κ1) is 12.5. The lowest BCUT2D eigenvalue weighted by Crippen LogP contribution is -2.25. The van der Waals surface area contributed by atoms with Gasteiger partial charge in [0.25, 0.3) is 0 Å². The number of ether oxygens (including phenoxy) is 1. The van der Waals surface area contributed by atoms with Crippen LogP contribution in [0, 0.1) is 0 Å². The van der Waals surface area contributed by atoms with Gasteiger partial charge in [-0.15, -0.1) is 0 Å². The fraction of sp³-hybridized carbons (Fsp3) is 0.500. The summed E-state index contributed by atoms with van der Waals surface area (Å²) in [5.41, 5.74) is 0.548. The molecule has 4 heteroatoms. The van der Waals surface area contributed by atoms with Crippen molar-refractivity contribution >= 4 is 11.7 Å². The van der Waals surface area contributed by atoms with Gasteiger partial charge < -0.3 is 10.1 Å². The molecule has 1 heterocycles. The molecule has 0 saturated heterocycles. The standard InChI is InChI=1S/C12H18N2O2/c1-12(2,3)16-11(15)6-9-14-10-4-7-13-8-5-10/h4-5,7-8H,6,9H2,1-3H3,(H,13,14). The van der Waals surface area contributed by atoms with E-state index in [2.05, 4.69) is 10.3 Å². The summed E-state index contributed by atoms with van der Waals surface area (Å²) in [6, 6.07) is 3.71. The maximum Gasteiger partial charge on any atom is 0.308 e. The molecule has 0 radical (unpaired) electrons.